The van der Waals surface area contributed by atoms with E-state index in [-0.39, 0.29) is 0 Å². The lowest BCUT2D eigenvalue weighted by atomic mass is 9.98. The molecule has 94 valence electrons. The molecule has 2 rings (SSSR count). The van der Waals surface area contributed by atoms with E-state index in [2.05, 4.69) is 36.9 Å². The second kappa shape index (κ2) is 5.65. The third-order valence-corrected chi connectivity index (χ3v) is 3.97. The van der Waals surface area contributed by atoms with Crippen molar-refractivity contribution in [3.05, 3.63) is 34.9 Å². The molecule has 1 saturated heterocycles. The number of benzene rings is 1. The molecule has 0 spiro atoms. The predicted octanol–water partition coefficient (Wildman–Crippen LogP) is 2.79. The van der Waals surface area contributed by atoms with Crippen molar-refractivity contribution in [2.45, 2.75) is 39.2 Å². The van der Waals surface area contributed by atoms with Crippen LogP contribution < -0.4 is 5.73 Å². The van der Waals surface area contributed by atoms with E-state index >= 15 is 0 Å². The Labute approximate surface area is 105 Å². The van der Waals surface area contributed by atoms with Crippen LogP contribution in [0, 0.1) is 13.8 Å². The molecule has 0 bridgehead atoms. The Kier molecular flexibility index (Phi) is 4.19. The molecule has 1 aromatic carbocycles. The molecule has 0 radical (unpaired) electrons. The first-order chi connectivity index (χ1) is 8.22. The number of hydrogen-bond acceptors (Lipinski definition) is 2. The van der Waals surface area contributed by atoms with Crippen LogP contribution in [0.1, 0.15) is 42.0 Å². The van der Waals surface area contributed by atoms with E-state index in [9.17, 15) is 0 Å². The van der Waals surface area contributed by atoms with E-state index in [1.54, 1.807) is 0 Å². The van der Waals surface area contributed by atoms with Crippen LogP contribution in [0.3, 0.4) is 0 Å². The average Bonchev–Trinajstić information content (AvgIpc) is 2.36. The van der Waals surface area contributed by atoms with Crippen LogP contribution in [-0.2, 0) is 0 Å². The third-order valence-electron chi connectivity index (χ3n) is 3.97. The fourth-order valence-corrected chi connectivity index (χ4v) is 2.70. The van der Waals surface area contributed by atoms with Crippen molar-refractivity contribution in [2.75, 3.05) is 19.6 Å². The maximum absolute atomic E-state index is 5.98. The molecule has 0 saturated carbocycles. The van der Waals surface area contributed by atoms with Crippen molar-refractivity contribution < 1.29 is 0 Å². The Morgan fingerprint density at radius 1 is 1.12 bits per heavy atom. The molecule has 1 aliphatic heterocycles. The van der Waals surface area contributed by atoms with Crippen molar-refractivity contribution in [2.24, 2.45) is 5.73 Å². The van der Waals surface area contributed by atoms with Gasteiger partial charge in [-0.1, -0.05) is 24.6 Å². The van der Waals surface area contributed by atoms with Crippen molar-refractivity contribution in [1.29, 1.82) is 0 Å². The number of piperidine rings is 1. The van der Waals surface area contributed by atoms with Gasteiger partial charge in [-0.15, -0.1) is 0 Å². The number of hydrogen-bond donors (Lipinski definition) is 1. The number of likely N-dealkylation sites (tertiary alicyclic amines) is 1. The summed E-state index contributed by atoms with van der Waals surface area (Å²) in [6, 6.07) is 7.18. The van der Waals surface area contributed by atoms with Crippen LogP contribution in [0.5, 0.6) is 0 Å². The number of nitrogens with zero attached hydrogens (tertiary/aromatic N) is 1. The van der Waals surface area contributed by atoms with Crippen LogP contribution in [0.25, 0.3) is 0 Å². The summed E-state index contributed by atoms with van der Waals surface area (Å²) in [6.07, 6.45) is 4.02. The summed E-state index contributed by atoms with van der Waals surface area (Å²) < 4.78 is 0. The third kappa shape index (κ3) is 2.88. The molecule has 2 heteroatoms. The van der Waals surface area contributed by atoms with Crippen LogP contribution in [0.2, 0.25) is 0 Å². The topological polar surface area (TPSA) is 29.3 Å². The lowest BCUT2D eigenvalue weighted by molar-refractivity contribution is 0.167. The average molecular weight is 232 g/mol. The predicted molar refractivity (Wildman–Crippen MR) is 73.1 cm³/mol. The molecule has 0 aliphatic carbocycles. The van der Waals surface area contributed by atoms with Crippen LogP contribution in [0.4, 0.5) is 0 Å². The Balaban J connectivity index is 2.18. The van der Waals surface area contributed by atoms with Crippen molar-refractivity contribution in [3.8, 4) is 0 Å². The zero-order chi connectivity index (χ0) is 12.3. The first-order valence-electron chi connectivity index (χ1n) is 6.73. The highest BCUT2D eigenvalue weighted by atomic mass is 15.2. The van der Waals surface area contributed by atoms with E-state index in [0.717, 1.165) is 6.54 Å². The summed E-state index contributed by atoms with van der Waals surface area (Å²) >= 11 is 0. The summed E-state index contributed by atoms with van der Waals surface area (Å²) in [5.41, 5.74) is 10.1. The maximum atomic E-state index is 5.98. The Morgan fingerprint density at radius 3 is 2.41 bits per heavy atom. The maximum Gasteiger partial charge on any atom is 0.0470 e. The Hall–Kier alpha value is -0.860. The van der Waals surface area contributed by atoms with Gasteiger partial charge in [-0.3, -0.25) is 4.90 Å². The molecule has 1 fully saturated rings. The molecule has 1 aliphatic rings. The van der Waals surface area contributed by atoms with Gasteiger partial charge in [-0.05, 0) is 56.5 Å². The first kappa shape index (κ1) is 12.6. The highest BCUT2D eigenvalue weighted by molar-refractivity contribution is 5.32. The minimum absolute atomic E-state index is 0.412. The molecule has 2 nitrogen and oxygen atoms in total. The minimum atomic E-state index is 0.412. The van der Waals surface area contributed by atoms with Crippen LogP contribution in [0.15, 0.2) is 18.2 Å². The van der Waals surface area contributed by atoms with Gasteiger partial charge < -0.3 is 5.73 Å². The molecule has 1 heterocycles. The second-order valence-electron chi connectivity index (χ2n) is 5.19. The fraction of sp³-hybridized carbons (Fsp3) is 0.600. The highest BCUT2D eigenvalue weighted by Crippen LogP contribution is 2.25. The fourth-order valence-electron chi connectivity index (χ4n) is 2.70. The first-order valence-corrected chi connectivity index (χ1v) is 6.73. The highest BCUT2D eigenvalue weighted by Gasteiger charge is 2.20. The lowest BCUT2D eigenvalue weighted by Crippen LogP contribution is -2.37. The van der Waals surface area contributed by atoms with Crippen molar-refractivity contribution in [3.63, 3.8) is 0 Å². The molecule has 1 aromatic rings. The molecule has 17 heavy (non-hydrogen) atoms. The van der Waals surface area contributed by atoms with Crippen molar-refractivity contribution >= 4 is 0 Å². The number of rotatable bonds is 3. The van der Waals surface area contributed by atoms with Gasteiger partial charge in [0.15, 0.2) is 0 Å². The summed E-state index contributed by atoms with van der Waals surface area (Å²) in [6.45, 7) is 7.48. The Bertz CT molecular complexity index is 367. The van der Waals surface area contributed by atoms with Gasteiger partial charge in [-0.25, -0.2) is 0 Å². The van der Waals surface area contributed by atoms with E-state index in [4.69, 9.17) is 5.73 Å². The van der Waals surface area contributed by atoms with Gasteiger partial charge in [0.2, 0.25) is 0 Å². The number of aryl methyl sites for hydroxylation is 2. The quantitative estimate of drug-likeness (QED) is 0.868. The van der Waals surface area contributed by atoms with Gasteiger partial charge >= 0.3 is 0 Å². The van der Waals surface area contributed by atoms with E-state index in [1.807, 2.05) is 0 Å². The van der Waals surface area contributed by atoms with Crippen molar-refractivity contribution in [1.82, 2.24) is 4.90 Å². The lowest BCUT2D eigenvalue weighted by Gasteiger charge is -2.34. The zero-order valence-corrected chi connectivity index (χ0v) is 11.1. The monoisotopic (exact) mass is 232 g/mol. The second-order valence-corrected chi connectivity index (χ2v) is 5.19. The van der Waals surface area contributed by atoms with E-state index in [0.29, 0.717) is 6.04 Å². The van der Waals surface area contributed by atoms with Crippen LogP contribution >= 0.6 is 0 Å². The summed E-state index contributed by atoms with van der Waals surface area (Å²) in [4.78, 5) is 2.55. The normalized spacial score (nSPS) is 19.2. The SMILES string of the molecule is Cc1ccc(C(CN)N2CCCCC2)cc1C. The van der Waals surface area contributed by atoms with E-state index in [1.165, 1.54) is 49.0 Å². The van der Waals surface area contributed by atoms with Gasteiger partial charge in [0.1, 0.15) is 0 Å². The molecular formula is C15H24N2. The summed E-state index contributed by atoms with van der Waals surface area (Å²) in [5.74, 6) is 0. The summed E-state index contributed by atoms with van der Waals surface area (Å²) in [7, 11) is 0. The molecule has 0 amide bonds. The smallest absolute Gasteiger partial charge is 0.0470 e. The molecule has 0 aromatic heterocycles. The van der Waals surface area contributed by atoms with Gasteiger partial charge in [0.05, 0.1) is 0 Å². The molecular weight excluding hydrogens is 208 g/mol. The molecule has 2 N–H and O–H groups in total. The standard InChI is InChI=1S/C15H24N2/c1-12-6-7-14(10-13(12)2)15(11-16)17-8-4-3-5-9-17/h6-7,10,15H,3-5,8-9,11,16H2,1-2H3. The van der Waals surface area contributed by atoms with E-state index < -0.39 is 0 Å². The zero-order valence-electron chi connectivity index (χ0n) is 11.1. The summed E-state index contributed by atoms with van der Waals surface area (Å²) in [5, 5.41) is 0. The number of nitrogens with two attached hydrogens (primary N) is 1. The van der Waals surface area contributed by atoms with Crippen LogP contribution in [-0.4, -0.2) is 24.5 Å². The molecule has 1 atom stereocenters. The van der Waals surface area contributed by atoms with Gasteiger partial charge in [0, 0.05) is 12.6 Å². The Morgan fingerprint density at radius 2 is 1.82 bits per heavy atom. The molecule has 1 unspecified atom stereocenters. The minimum Gasteiger partial charge on any atom is -0.329 e. The van der Waals surface area contributed by atoms with Gasteiger partial charge in [0.25, 0.3) is 0 Å². The van der Waals surface area contributed by atoms with Gasteiger partial charge in [-0.2, -0.15) is 0 Å². The largest absolute Gasteiger partial charge is 0.329 e.